The Bertz CT molecular complexity index is 130. The summed E-state index contributed by atoms with van der Waals surface area (Å²) in [6.45, 7) is 11.0. The summed E-state index contributed by atoms with van der Waals surface area (Å²) in [7, 11) is 6.69. The highest BCUT2D eigenvalue weighted by Crippen LogP contribution is 1.91. The summed E-state index contributed by atoms with van der Waals surface area (Å²) in [6.07, 6.45) is 5.75. The minimum atomic E-state index is 0. The van der Waals surface area contributed by atoms with Gasteiger partial charge in [-0.1, -0.05) is 25.8 Å². The van der Waals surface area contributed by atoms with Crippen LogP contribution in [0.2, 0.25) is 0 Å². The lowest BCUT2D eigenvalue weighted by molar-refractivity contribution is -0.869. The molecule has 0 aromatic carbocycles. The maximum atomic E-state index is 3.46. The van der Waals surface area contributed by atoms with Crippen molar-refractivity contribution in [3.8, 4) is 0 Å². The highest BCUT2D eigenvalue weighted by Gasteiger charge is 2.04. The first-order valence-electron chi connectivity index (χ1n) is 6.06. The van der Waals surface area contributed by atoms with Crippen LogP contribution in [0.4, 0.5) is 0 Å². The fourth-order valence-electron chi connectivity index (χ4n) is 1.04. The van der Waals surface area contributed by atoms with Crippen LogP contribution in [0.1, 0.15) is 33.1 Å². The van der Waals surface area contributed by atoms with Crippen LogP contribution in [-0.4, -0.2) is 45.3 Å². The Morgan fingerprint density at radius 2 is 1.62 bits per heavy atom. The summed E-state index contributed by atoms with van der Waals surface area (Å²) in [6, 6.07) is 0. The highest BCUT2D eigenvalue weighted by atomic mass is 35.5. The van der Waals surface area contributed by atoms with E-state index in [9.17, 15) is 0 Å². The first-order chi connectivity index (χ1) is 6.97. The van der Waals surface area contributed by atoms with Crippen molar-refractivity contribution >= 4 is 0 Å². The first kappa shape index (κ1) is 21.3. The highest BCUT2D eigenvalue weighted by molar-refractivity contribution is 4.51. The average Bonchev–Trinajstić information content (AvgIpc) is 2.11. The van der Waals surface area contributed by atoms with Crippen molar-refractivity contribution < 1.29 is 16.9 Å². The summed E-state index contributed by atoms with van der Waals surface area (Å²) < 4.78 is 1.06. The van der Waals surface area contributed by atoms with Crippen LogP contribution in [0.25, 0.3) is 0 Å². The van der Waals surface area contributed by atoms with Crippen LogP contribution in [0, 0.1) is 0 Å². The molecule has 2 nitrogen and oxygen atoms in total. The van der Waals surface area contributed by atoms with Gasteiger partial charge in [0.2, 0.25) is 0 Å². The maximum Gasteiger partial charge on any atom is 0.0907 e. The summed E-state index contributed by atoms with van der Waals surface area (Å²) in [4.78, 5) is 0. The molecule has 0 amide bonds. The minimum absolute atomic E-state index is 0. The van der Waals surface area contributed by atoms with Gasteiger partial charge in [0, 0.05) is 6.54 Å². The summed E-state index contributed by atoms with van der Waals surface area (Å²) in [5.41, 5.74) is 0. The molecule has 16 heavy (non-hydrogen) atoms. The molecule has 100 valence electrons. The van der Waals surface area contributed by atoms with Crippen LogP contribution in [0.3, 0.4) is 0 Å². The molecule has 0 unspecified atom stereocenters. The molecule has 1 N–H and O–H groups in total. The number of allylic oxidation sites excluding steroid dienone is 1. The first-order valence-corrected chi connectivity index (χ1v) is 6.06. The molecule has 0 saturated carbocycles. The van der Waals surface area contributed by atoms with E-state index in [-0.39, 0.29) is 12.4 Å². The van der Waals surface area contributed by atoms with E-state index in [1.807, 2.05) is 6.92 Å². The molecule has 0 aliphatic heterocycles. The van der Waals surface area contributed by atoms with Crippen molar-refractivity contribution in [2.75, 3.05) is 40.8 Å². The van der Waals surface area contributed by atoms with Crippen molar-refractivity contribution in [1.82, 2.24) is 5.32 Å². The van der Waals surface area contributed by atoms with Gasteiger partial charge in [-0.15, -0.1) is 6.58 Å². The van der Waals surface area contributed by atoms with Gasteiger partial charge in [0.1, 0.15) is 0 Å². The monoisotopic (exact) mass is 250 g/mol. The molecule has 0 saturated heterocycles. The second-order valence-corrected chi connectivity index (χ2v) is 4.88. The Morgan fingerprint density at radius 3 is 2.00 bits per heavy atom. The Labute approximate surface area is 109 Å². The quantitative estimate of drug-likeness (QED) is 0.371. The van der Waals surface area contributed by atoms with Gasteiger partial charge in [-0.2, -0.15) is 0 Å². The number of nitrogens with one attached hydrogen (secondary N) is 1. The zero-order valence-corrected chi connectivity index (χ0v) is 12.6. The normalized spacial score (nSPS) is 9.81. The van der Waals surface area contributed by atoms with Gasteiger partial charge in [-0.25, -0.2) is 0 Å². The van der Waals surface area contributed by atoms with E-state index in [0.717, 1.165) is 11.0 Å². The molecule has 3 heteroatoms. The summed E-state index contributed by atoms with van der Waals surface area (Å²) >= 11 is 0. The van der Waals surface area contributed by atoms with Gasteiger partial charge in [0.15, 0.2) is 0 Å². The van der Waals surface area contributed by atoms with Crippen LogP contribution in [0.5, 0.6) is 0 Å². The Kier molecular flexibility index (Phi) is 19.9. The predicted octanol–water partition coefficient (Wildman–Crippen LogP) is -0.331. The molecule has 0 heterocycles. The van der Waals surface area contributed by atoms with Gasteiger partial charge in [0.25, 0.3) is 0 Å². The third-order valence-electron chi connectivity index (χ3n) is 1.92. The van der Waals surface area contributed by atoms with E-state index in [1.165, 1.54) is 32.4 Å². The van der Waals surface area contributed by atoms with E-state index in [4.69, 9.17) is 0 Å². The second-order valence-electron chi connectivity index (χ2n) is 4.88. The molecule has 0 aromatic rings. The third-order valence-corrected chi connectivity index (χ3v) is 1.92. The third kappa shape index (κ3) is 29.2. The zero-order chi connectivity index (χ0) is 12.2. The lowest BCUT2D eigenvalue weighted by Gasteiger charge is -2.23. The Morgan fingerprint density at radius 1 is 1.12 bits per heavy atom. The Hall–Kier alpha value is -0.0500. The van der Waals surface area contributed by atoms with E-state index < -0.39 is 0 Å². The summed E-state index contributed by atoms with van der Waals surface area (Å²) in [5, 5.41) is 3.46. The molecule has 0 radical (unpaired) electrons. The maximum absolute atomic E-state index is 3.46. The molecule has 0 rings (SSSR count). The van der Waals surface area contributed by atoms with Crippen molar-refractivity contribution in [1.29, 1.82) is 0 Å². The van der Waals surface area contributed by atoms with Crippen molar-refractivity contribution in [2.24, 2.45) is 0 Å². The van der Waals surface area contributed by atoms with Crippen LogP contribution >= 0.6 is 0 Å². The van der Waals surface area contributed by atoms with Crippen molar-refractivity contribution in [3.63, 3.8) is 0 Å². The van der Waals surface area contributed by atoms with E-state index in [1.54, 1.807) is 6.08 Å². The SMILES string of the molecule is C=CC.CCCCCNCC[N+](C)(C)C.[Cl-]. The topological polar surface area (TPSA) is 12.0 Å². The number of hydrogen-bond donors (Lipinski definition) is 1. The van der Waals surface area contributed by atoms with Crippen LogP contribution in [0.15, 0.2) is 12.7 Å². The molecule has 0 fully saturated rings. The molecule has 0 aromatic heterocycles. The number of likely N-dealkylation sites (N-methyl/N-ethyl adjacent to an activating group) is 1. The largest absolute Gasteiger partial charge is 1.00 e. The number of halogens is 1. The predicted molar refractivity (Wildman–Crippen MR) is 71.2 cm³/mol. The number of quaternary nitrogens is 1. The second kappa shape index (κ2) is 14.9. The van der Waals surface area contributed by atoms with Crippen molar-refractivity contribution in [2.45, 2.75) is 33.1 Å². The minimum Gasteiger partial charge on any atom is -1.00 e. The van der Waals surface area contributed by atoms with Crippen LogP contribution < -0.4 is 17.7 Å². The average molecular weight is 251 g/mol. The van der Waals surface area contributed by atoms with E-state index in [2.05, 4.69) is 40.0 Å². The molecule has 0 atom stereocenters. The van der Waals surface area contributed by atoms with E-state index in [0.29, 0.717) is 0 Å². The fourth-order valence-corrected chi connectivity index (χ4v) is 1.04. The number of nitrogens with zero attached hydrogens (tertiary/aromatic N) is 1. The molecular formula is C13H31ClN2. The molecule has 0 bridgehead atoms. The number of hydrogen-bond acceptors (Lipinski definition) is 1. The summed E-state index contributed by atoms with van der Waals surface area (Å²) in [5.74, 6) is 0. The fraction of sp³-hybridized carbons (Fsp3) is 0.846. The van der Waals surface area contributed by atoms with Gasteiger partial charge >= 0.3 is 0 Å². The smallest absolute Gasteiger partial charge is 0.0907 e. The number of rotatable bonds is 7. The lowest BCUT2D eigenvalue weighted by Crippen LogP contribution is -3.00. The molecule has 0 aliphatic carbocycles. The molecule has 0 spiro atoms. The van der Waals surface area contributed by atoms with Gasteiger partial charge in [-0.05, 0) is 19.9 Å². The van der Waals surface area contributed by atoms with Crippen molar-refractivity contribution in [3.05, 3.63) is 12.7 Å². The molecule has 0 aliphatic rings. The van der Waals surface area contributed by atoms with Gasteiger partial charge in [0.05, 0.1) is 27.7 Å². The lowest BCUT2D eigenvalue weighted by atomic mass is 10.2. The van der Waals surface area contributed by atoms with Gasteiger partial charge in [-0.3, -0.25) is 0 Å². The van der Waals surface area contributed by atoms with E-state index >= 15 is 0 Å². The molecular weight excluding hydrogens is 220 g/mol. The number of unbranched alkanes of at least 4 members (excludes halogenated alkanes) is 2. The van der Waals surface area contributed by atoms with Crippen LogP contribution in [-0.2, 0) is 0 Å². The zero-order valence-electron chi connectivity index (χ0n) is 11.9. The standard InChI is InChI=1S/C10H25N2.C3H6.ClH/c1-5-6-7-8-11-9-10-12(2,3)4;1-3-2;/h11H,5-10H2,1-4H3;3H,1H2,2H3;1H/q+1;;/p-1. The van der Waals surface area contributed by atoms with Gasteiger partial charge < -0.3 is 22.2 Å². The Balaban J connectivity index is -0.000000377.